The number of carbonyl (C=O) groups excluding carboxylic acids is 1. The van der Waals surface area contributed by atoms with Crippen LogP contribution in [0.25, 0.3) is 0 Å². The van der Waals surface area contributed by atoms with E-state index in [4.69, 9.17) is 0 Å². The number of aryl methyl sites for hydroxylation is 1. The van der Waals surface area contributed by atoms with Crippen LogP contribution >= 0.6 is 31.9 Å². The zero-order chi connectivity index (χ0) is 11.3. The summed E-state index contributed by atoms with van der Waals surface area (Å²) in [6.45, 7) is 0. The fourth-order valence-corrected chi connectivity index (χ4v) is 1.65. The molecular weight excluding hydrogens is 326 g/mol. The van der Waals surface area contributed by atoms with E-state index in [1.165, 1.54) is 6.07 Å². The van der Waals surface area contributed by atoms with E-state index in [1.54, 1.807) is 12.3 Å². The van der Waals surface area contributed by atoms with Crippen molar-refractivity contribution in [3.63, 3.8) is 0 Å². The van der Waals surface area contributed by atoms with Crippen LogP contribution < -0.4 is 5.11 Å². The molecule has 0 aliphatic rings. The average Bonchev–Trinajstić information content (AvgIpc) is 2.26. The maximum absolute atomic E-state index is 10.4. The first-order valence-electron chi connectivity index (χ1n) is 4.49. The highest BCUT2D eigenvalue weighted by Crippen LogP contribution is 2.12. The number of hydrogen-bond acceptors (Lipinski definition) is 3. The standard InChI is InChI=1S/C10H11Br2NO2/c11-5-8(12)3-1-7-2-4-9(10(14)15)13-6-7/h2,4,6,8H,1,3,5H2,(H,14,15)/p-1. The number of carbonyl (C=O) groups is 1. The molecule has 1 unspecified atom stereocenters. The minimum Gasteiger partial charge on any atom is -0.543 e. The van der Waals surface area contributed by atoms with Crippen LogP contribution in [-0.2, 0) is 6.42 Å². The molecule has 1 aromatic heterocycles. The predicted octanol–water partition coefficient (Wildman–Crippen LogP) is 1.54. The second kappa shape index (κ2) is 6.23. The molecule has 1 heterocycles. The van der Waals surface area contributed by atoms with Gasteiger partial charge in [0.05, 0.1) is 11.7 Å². The minimum atomic E-state index is -1.24. The molecule has 5 heteroatoms. The molecule has 0 saturated heterocycles. The Balaban J connectivity index is 2.53. The van der Waals surface area contributed by atoms with Gasteiger partial charge in [-0.3, -0.25) is 4.98 Å². The van der Waals surface area contributed by atoms with Crippen molar-refractivity contribution in [2.45, 2.75) is 17.7 Å². The smallest absolute Gasteiger partial charge is 0.0899 e. The van der Waals surface area contributed by atoms with Crippen LogP contribution in [0.2, 0.25) is 0 Å². The molecule has 0 N–H and O–H groups in total. The van der Waals surface area contributed by atoms with Gasteiger partial charge in [0, 0.05) is 16.4 Å². The molecule has 82 valence electrons. The lowest BCUT2D eigenvalue weighted by Gasteiger charge is -2.06. The Morgan fingerprint density at radius 2 is 2.27 bits per heavy atom. The van der Waals surface area contributed by atoms with Gasteiger partial charge in [-0.1, -0.05) is 37.9 Å². The number of carboxylic acid groups (broad SMARTS) is 1. The van der Waals surface area contributed by atoms with E-state index in [0.29, 0.717) is 4.83 Å². The molecule has 15 heavy (non-hydrogen) atoms. The first-order chi connectivity index (χ1) is 7.13. The fraction of sp³-hybridized carbons (Fsp3) is 0.400. The fourth-order valence-electron chi connectivity index (χ4n) is 1.09. The molecule has 3 nitrogen and oxygen atoms in total. The van der Waals surface area contributed by atoms with Crippen LogP contribution in [-0.4, -0.2) is 21.1 Å². The van der Waals surface area contributed by atoms with E-state index in [9.17, 15) is 9.90 Å². The molecule has 1 rings (SSSR count). The first-order valence-corrected chi connectivity index (χ1v) is 6.53. The number of aromatic carboxylic acids is 1. The van der Waals surface area contributed by atoms with Crippen molar-refractivity contribution in [1.82, 2.24) is 4.98 Å². The highest BCUT2D eigenvalue weighted by Gasteiger charge is 2.03. The van der Waals surface area contributed by atoms with Crippen LogP contribution in [0.15, 0.2) is 18.3 Å². The van der Waals surface area contributed by atoms with Gasteiger partial charge in [-0.25, -0.2) is 0 Å². The number of pyridine rings is 1. The Morgan fingerprint density at radius 3 is 2.73 bits per heavy atom. The summed E-state index contributed by atoms with van der Waals surface area (Å²) >= 11 is 6.87. The summed E-state index contributed by atoms with van der Waals surface area (Å²) in [5.74, 6) is -1.24. The third kappa shape index (κ3) is 4.30. The van der Waals surface area contributed by atoms with E-state index in [-0.39, 0.29) is 5.69 Å². The molecule has 1 aromatic rings. The van der Waals surface area contributed by atoms with Gasteiger partial charge in [0.15, 0.2) is 0 Å². The number of rotatable bonds is 5. The number of aromatic nitrogens is 1. The Hall–Kier alpha value is -0.420. The molecule has 0 spiro atoms. The first kappa shape index (κ1) is 12.6. The molecule has 0 amide bonds. The number of carboxylic acids is 1. The highest BCUT2D eigenvalue weighted by atomic mass is 79.9. The molecule has 0 aliphatic carbocycles. The lowest BCUT2D eigenvalue weighted by Crippen LogP contribution is -2.23. The van der Waals surface area contributed by atoms with Gasteiger partial charge < -0.3 is 9.90 Å². The third-order valence-corrected chi connectivity index (χ3v) is 4.38. The summed E-state index contributed by atoms with van der Waals surface area (Å²) in [6.07, 6.45) is 3.44. The van der Waals surface area contributed by atoms with Gasteiger partial charge in [-0.05, 0) is 24.5 Å². The summed E-state index contributed by atoms with van der Waals surface area (Å²) in [4.78, 5) is 14.7. The van der Waals surface area contributed by atoms with E-state index in [2.05, 4.69) is 36.8 Å². The molecule has 0 bridgehead atoms. The molecule has 0 aliphatic heterocycles. The third-order valence-electron chi connectivity index (χ3n) is 1.95. The van der Waals surface area contributed by atoms with Crippen molar-refractivity contribution < 1.29 is 9.90 Å². The second-order valence-electron chi connectivity index (χ2n) is 3.13. The molecule has 0 aromatic carbocycles. The van der Waals surface area contributed by atoms with Gasteiger partial charge >= 0.3 is 0 Å². The SMILES string of the molecule is O=C([O-])c1ccc(CCC(Br)CBr)cn1. The van der Waals surface area contributed by atoms with E-state index in [0.717, 1.165) is 23.7 Å². The van der Waals surface area contributed by atoms with Gasteiger partial charge in [-0.15, -0.1) is 0 Å². The lowest BCUT2D eigenvalue weighted by molar-refractivity contribution is -0.255. The summed E-state index contributed by atoms with van der Waals surface area (Å²) in [5.41, 5.74) is 1.01. The summed E-state index contributed by atoms with van der Waals surface area (Å²) in [7, 11) is 0. The number of nitrogens with zero attached hydrogens (tertiary/aromatic N) is 1. The van der Waals surface area contributed by atoms with Crippen molar-refractivity contribution in [2.24, 2.45) is 0 Å². The summed E-state index contributed by atoms with van der Waals surface area (Å²) in [6, 6.07) is 3.24. The van der Waals surface area contributed by atoms with Gasteiger partial charge in [0.1, 0.15) is 0 Å². The maximum atomic E-state index is 10.4. The number of hydrogen-bond donors (Lipinski definition) is 0. The quantitative estimate of drug-likeness (QED) is 0.767. The van der Waals surface area contributed by atoms with Crippen molar-refractivity contribution >= 4 is 37.8 Å². The second-order valence-corrected chi connectivity index (χ2v) is 5.07. The lowest BCUT2D eigenvalue weighted by atomic mass is 10.1. The van der Waals surface area contributed by atoms with Crippen LogP contribution in [0.3, 0.4) is 0 Å². The summed E-state index contributed by atoms with van der Waals surface area (Å²) < 4.78 is 0. The molecule has 0 fully saturated rings. The van der Waals surface area contributed by atoms with Crippen LogP contribution in [0, 0.1) is 0 Å². The number of halogens is 2. The predicted molar refractivity (Wildman–Crippen MR) is 63.4 cm³/mol. The average molecular weight is 336 g/mol. The molecule has 1 atom stereocenters. The Labute approximate surface area is 105 Å². The maximum Gasteiger partial charge on any atom is 0.0899 e. The Bertz CT molecular complexity index is 327. The van der Waals surface area contributed by atoms with Gasteiger partial charge in [-0.2, -0.15) is 0 Å². The minimum absolute atomic E-state index is 0.0189. The monoisotopic (exact) mass is 334 g/mol. The van der Waals surface area contributed by atoms with E-state index in [1.807, 2.05) is 0 Å². The van der Waals surface area contributed by atoms with Crippen molar-refractivity contribution in [2.75, 3.05) is 5.33 Å². The largest absolute Gasteiger partial charge is 0.543 e. The van der Waals surface area contributed by atoms with Crippen LogP contribution in [0.4, 0.5) is 0 Å². The highest BCUT2D eigenvalue weighted by molar-refractivity contribution is 9.12. The molecule has 0 radical (unpaired) electrons. The van der Waals surface area contributed by atoms with E-state index < -0.39 is 5.97 Å². The molecule has 0 saturated carbocycles. The van der Waals surface area contributed by atoms with Crippen molar-refractivity contribution in [3.8, 4) is 0 Å². The summed E-state index contributed by atoms with van der Waals surface area (Å²) in [5, 5.41) is 11.3. The normalized spacial score (nSPS) is 12.4. The number of alkyl halides is 2. The van der Waals surface area contributed by atoms with Crippen molar-refractivity contribution in [1.29, 1.82) is 0 Å². The molecular formula is C10H10Br2NO2-. The van der Waals surface area contributed by atoms with Crippen LogP contribution in [0.1, 0.15) is 22.5 Å². The van der Waals surface area contributed by atoms with Crippen molar-refractivity contribution in [3.05, 3.63) is 29.6 Å². The Morgan fingerprint density at radius 1 is 1.53 bits per heavy atom. The van der Waals surface area contributed by atoms with Gasteiger partial charge in [0.25, 0.3) is 0 Å². The van der Waals surface area contributed by atoms with Gasteiger partial charge in [0.2, 0.25) is 0 Å². The topological polar surface area (TPSA) is 53.0 Å². The zero-order valence-corrected chi connectivity index (χ0v) is 11.1. The zero-order valence-electron chi connectivity index (χ0n) is 7.95. The van der Waals surface area contributed by atoms with E-state index >= 15 is 0 Å². The van der Waals surface area contributed by atoms with Crippen LogP contribution in [0.5, 0.6) is 0 Å². The Kier molecular flexibility index (Phi) is 5.25.